The lowest BCUT2D eigenvalue weighted by Gasteiger charge is -2.38. The van der Waals surface area contributed by atoms with Crippen LogP contribution >= 0.6 is 0 Å². The summed E-state index contributed by atoms with van der Waals surface area (Å²) < 4.78 is 6.18. The molecule has 0 fully saturated rings. The van der Waals surface area contributed by atoms with Crippen LogP contribution in [-0.2, 0) is 17.8 Å². The average Bonchev–Trinajstić information content (AvgIpc) is 2.86. The number of hydrogen-bond acceptors (Lipinski definition) is 3. The second-order valence-electron chi connectivity index (χ2n) is 8.93. The fraction of sp³-hybridized carbons (Fsp3) is 0.300. The Morgan fingerprint density at radius 2 is 1.97 bits per heavy atom. The van der Waals surface area contributed by atoms with Crippen molar-refractivity contribution in [3.05, 3.63) is 113 Å². The summed E-state index contributed by atoms with van der Waals surface area (Å²) >= 11 is 0. The molecule has 2 atom stereocenters. The molecule has 0 saturated carbocycles. The van der Waals surface area contributed by atoms with E-state index in [9.17, 15) is 4.79 Å². The molecule has 34 heavy (non-hydrogen) atoms. The van der Waals surface area contributed by atoms with Gasteiger partial charge in [-0.25, -0.2) is 0 Å². The monoisotopic (exact) mass is 454 g/mol. The number of nitrogens with one attached hydrogen (secondary N) is 1. The molecule has 3 aromatic rings. The lowest BCUT2D eigenvalue weighted by molar-refractivity contribution is -0.127. The van der Waals surface area contributed by atoms with E-state index in [1.54, 1.807) is 6.08 Å². The predicted molar refractivity (Wildman–Crippen MR) is 138 cm³/mol. The van der Waals surface area contributed by atoms with Gasteiger partial charge in [0.2, 0.25) is 0 Å². The van der Waals surface area contributed by atoms with E-state index in [1.165, 1.54) is 27.8 Å². The first-order valence-electron chi connectivity index (χ1n) is 12.1. The SMILES string of the molecule is C=CCNC(=O)C(CC)Oc1ccc2c(c1)C(c1ccccc1)N(Cc1cccc(C)c1)CC2. The van der Waals surface area contributed by atoms with Crippen molar-refractivity contribution >= 4 is 5.91 Å². The van der Waals surface area contributed by atoms with Gasteiger partial charge >= 0.3 is 0 Å². The van der Waals surface area contributed by atoms with Gasteiger partial charge in [0, 0.05) is 19.6 Å². The summed E-state index contributed by atoms with van der Waals surface area (Å²) in [5.74, 6) is 0.624. The van der Waals surface area contributed by atoms with E-state index in [1.807, 2.05) is 13.0 Å². The van der Waals surface area contributed by atoms with Gasteiger partial charge in [-0.2, -0.15) is 0 Å². The summed E-state index contributed by atoms with van der Waals surface area (Å²) in [7, 11) is 0. The molecule has 1 aliphatic heterocycles. The number of hydrogen-bond donors (Lipinski definition) is 1. The van der Waals surface area contributed by atoms with Crippen molar-refractivity contribution in [2.45, 2.75) is 45.4 Å². The van der Waals surface area contributed by atoms with Gasteiger partial charge in [0.1, 0.15) is 5.75 Å². The maximum Gasteiger partial charge on any atom is 0.261 e. The van der Waals surface area contributed by atoms with Crippen LogP contribution in [0.15, 0.2) is 85.5 Å². The highest BCUT2D eigenvalue weighted by Gasteiger charge is 2.29. The van der Waals surface area contributed by atoms with Crippen molar-refractivity contribution < 1.29 is 9.53 Å². The third-order valence-electron chi connectivity index (χ3n) is 6.39. The number of carbonyl (C=O) groups is 1. The molecular weight excluding hydrogens is 420 g/mol. The Bertz CT molecular complexity index is 1130. The highest BCUT2D eigenvalue weighted by molar-refractivity contribution is 5.81. The smallest absolute Gasteiger partial charge is 0.261 e. The van der Waals surface area contributed by atoms with E-state index in [4.69, 9.17) is 4.74 Å². The van der Waals surface area contributed by atoms with Gasteiger partial charge in [-0.15, -0.1) is 6.58 Å². The molecule has 0 aliphatic carbocycles. The molecule has 0 radical (unpaired) electrons. The summed E-state index contributed by atoms with van der Waals surface area (Å²) in [6.45, 7) is 10.1. The lowest BCUT2D eigenvalue weighted by atomic mass is 9.87. The Morgan fingerprint density at radius 1 is 1.15 bits per heavy atom. The van der Waals surface area contributed by atoms with Crippen LogP contribution in [0, 0.1) is 6.92 Å². The summed E-state index contributed by atoms with van der Waals surface area (Å²) in [6, 6.07) is 25.9. The largest absolute Gasteiger partial charge is 0.481 e. The maximum atomic E-state index is 12.5. The normalized spacial score (nSPS) is 16.4. The number of fused-ring (bicyclic) bond motifs is 1. The van der Waals surface area contributed by atoms with E-state index in [0.29, 0.717) is 13.0 Å². The molecule has 3 aromatic carbocycles. The van der Waals surface area contributed by atoms with E-state index in [0.717, 1.165) is 25.3 Å². The summed E-state index contributed by atoms with van der Waals surface area (Å²) in [4.78, 5) is 15.0. The number of amides is 1. The van der Waals surface area contributed by atoms with Gasteiger partial charge < -0.3 is 10.1 Å². The minimum Gasteiger partial charge on any atom is -0.481 e. The third kappa shape index (κ3) is 5.57. The standard InChI is InChI=1S/C30H34N2O2/c1-4-17-31-30(33)28(5-2)34-26-15-14-24-16-18-32(21-23-11-9-10-22(3)19-23)29(27(24)20-26)25-12-7-6-8-13-25/h4,6-15,19-20,28-29H,1,5,16-18,21H2,2-3H3,(H,31,33). The fourth-order valence-corrected chi connectivity index (χ4v) is 4.73. The van der Waals surface area contributed by atoms with Crippen molar-refractivity contribution in [1.82, 2.24) is 10.2 Å². The van der Waals surface area contributed by atoms with E-state index < -0.39 is 6.10 Å². The molecule has 176 valence electrons. The molecule has 1 amide bonds. The average molecular weight is 455 g/mol. The molecule has 4 heteroatoms. The minimum absolute atomic E-state index is 0.110. The molecule has 0 bridgehead atoms. The maximum absolute atomic E-state index is 12.5. The van der Waals surface area contributed by atoms with Gasteiger partial charge in [-0.05, 0) is 54.2 Å². The number of carbonyl (C=O) groups excluding carboxylic acids is 1. The molecule has 0 saturated heterocycles. The van der Waals surface area contributed by atoms with Crippen LogP contribution in [0.1, 0.15) is 47.2 Å². The van der Waals surface area contributed by atoms with Crippen molar-refractivity contribution in [2.75, 3.05) is 13.1 Å². The van der Waals surface area contributed by atoms with Crippen molar-refractivity contribution in [3.63, 3.8) is 0 Å². The topological polar surface area (TPSA) is 41.6 Å². The van der Waals surface area contributed by atoms with E-state index >= 15 is 0 Å². The van der Waals surface area contributed by atoms with Crippen LogP contribution in [0.2, 0.25) is 0 Å². The first kappa shape index (κ1) is 23.8. The highest BCUT2D eigenvalue weighted by atomic mass is 16.5. The second kappa shape index (κ2) is 11.2. The predicted octanol–water partition coefficient (Wildman–Crippen LogP) is 5.60. The van der Waals surface area contributed by atoms with Gasteiger partial charge in [0.05, 0.1) is 6.04 Å². The molecule has 1 N–H and O–H groups in total. The molecule has 1 heterocycles. The van der Waals surface area contributed by atoms with E-state index in [2.05, 4.69) is 90.4 Å². The van der Waals surface area contributed by atoms with Crippen LogP contribution in [0.4, 0.5) is 0 Å². The number of rotatable bonds is 9. The Balaban J connectivity index is 1.65. The van der Waals surface area contributed by atoms with Crippen molar-refractivity contribution in [2.24, 2.45) is 0 Å². The number of ether oxygens (including phenoxy) is 1. The Kier molecular flexibility index (Phi) is 7.81. The van der Waals surface area contributed by atoms with E-state index in [-0.39, 0.29) is 11.9 Å². The zero-order valence-corrected chi connectivity index (χ0v) is 20.2. The Hall–Kier alpha value is -3.37. The Morgan fingerprint density at radius 3 is 2.71 bits per heavy atom. The van der Waals surface area contributed by atoms with Crippen molar-refractivity contribution in [3.8, 4) is 5.75 Å². The fourth-order valence-electron chi connectivity index (χ4n) is 4.73. The highest BCUT2D eigenvalue weighted by Crippen LogP contribution is 2.38. The molecule has 4 rings (SSSR count). The summed E-state index contributed by atoms with van der Waals surface area (Å²) in [6.07, 6.45) is 2.74. The van der Waals surface area contributed by atoms with Gasteiger partial charge in [0.15, 0.2) is 6.10 Å². The zero-order valence-electron chi connectivity index (χ0n) is 20.2. The first-order chi connectivity index (χ1) is 16.6. The lowest BCUT2D eigenvalue weighted by Crippen LogP contribution is -2.38. The number of benzene rings is 3. The minimum atomic E-state index is -0.528. The molecule has 4 nitrogen and oxygen atoms in total. The van der Waals surface area contributed by atoms with Crippen LogP contribution < -0.4 is 10.1 Å². The summed E-state index contributed by atoms with van der Waals surface area (Å²) in [5.41, 5.74) is 6.46. The first-order valence-corrected chi connectivity index (χ1v) is 12.1. The van der Waals surface area contributed by atoms with Crippen molar-refractivity contribution in [1.29, 1.82) is 0 Å². The molecule has 0 spiro atoms. The molecule has 2 unspecified atom stereocenters. The van der Waals surface area contributed by atoms with Crippen LogP contribution in [0.3, 0.4) is 0 Å². The summed E-state index contributed by atoms with van der Waals surface area (Å²) in [5, 5.41) is 2.85. The quantitative estimate of drug-likeness (QED) is 0.428. The number of aryl methyl sites for hydroxylation is 1. The van der Waals surface area contributed by atoms with Crippen LogP contribution in [-0.4, -0.2) is 30.0 Å². The molecular formula is C30H34N2O2. The third-order valence-corrected chi connectivity index (χ3v) is 6.39. The number of nitrogens with zero attached hydrogens (tertiary/aromatic N) is 1. The van der Waals surface area contributed by atoms with Gasteiger partial charge in [0.25, 0.3) is 5.91 Å². The zero-order chi connectivity index (χ0) is 23.9. The van der Waals surface area contributed by atoms with Gasteiger partial charge in [-0.3, -0.25) is 9.69 Å². The van der Waals surface area contributed by atoms with Gasteiger partial charge in [-0.1, -0.05) is 79.2 Å². The van der Waals surface area contributed by atoms with Crippen LogP contribution in [0.5, 0.6) is 5.75 Å². The molecule has 1 aliphatic rings. The second-order valence-corrected chi connectivity index (χ2v) is 8.93. The Labute approximate surface area is 203 Å². The van der Waals surface area contributed by atoms with Crippen LogP contribution in [0.25, 0.3) is 0 Å². The molecule has 0 aromatic heterocycles.